The van der Waals surface area contributed by atoms with Crippen molar-refractivity contribution in [3.05, 3.63) is 27.7 Å². The summed E-state index contributed by atoms with van der Waals surface area (Å²) in [6.07, 6.45) is 1.01. The Labute approximate surface area is 137 Å². The summed E-state index contributed by atoms with van der Waals surface area (Å²) in [5.41, 5.74) is 0. The summed E-state index contributed by atoms with van der Waals surface area (Å²) in [4.78, 5) is 11.2. The van der Waals surface area contributed by atoms with Gasteiger partial charge in [0, 0.05) is 12.6 Å². The fourth-order valence-electron chi connectivity index (χ4n) is 2.42. The van der Waals surface area contributed by atoms with Gasteiger partial charge in [0.15, 0.2) is 0 Å². The van der Waals surface area contributed by atoms with Gasteiger partial charge in [-0.05, 0) is 47.8 Å². The SMILES string of the molecule is CC1CCC(C(=O)O)CN1S(=O)(=O)c1cccc(Cl)c1Br. The van der Waals surface area contributed by atoms with E-state index >= 15 is 0 Å². The van der Waals surface area contributed by atoms with Crippen LogP contribution in [0, 0.1) is 5.92 Å². The number of carbonyl (C=O) groups is 1. The first-order valence-electron chi connectivity index (χ1n) is 6.43. The van der Waals surface area contributed by atoms with Crippen molar-refractivity contribution in [2.24, 2.45) is 5.92 Å². The van der Waals surface area contributed by atoms with Gasteiger partial charge in [-0.25, -0.2) is 8.42 Å². The number of benzene rings is 1. The standard InChI is InChI=1S/C13H15BrClNO4S/c1-8-5-6-9(13(17)18)7-16(8)21(19,20)11-4-2-3-10(15)12(11)14/h2-4,8-9H,5-7H2,1H3,(H,17,18). The number of carboxylic acids is 1. The summed E-state index contributed by atoms with van der Waals surface area (Å²) < 4.78 is 27.1. The molecule has 1 heterocycles. The van der Waals surface area contributed by atoms with Crippen LogP contribution in [-0.2, 0) is 14.8 Å². The molecular formula is C13H15BrClNO4S. The van der Waals surface area contributed by atoms with Crippen molar-refractivity contribution in [2.75, 3.05) is 6.54 Å². The summed E-state index contributed by atoms with van der Waals surface area (Å²) in [6, 6.07) is 4.37. The zero-order chi connectivity index (χ0) is 15.8. The van der Waals surface area contributed by atoms with Crippen molar-refractivity contribution in [3.63, 3.8) is 0 Å². The van der Waals surface area contributed by atoms with E-state index in [4.69, 9.17) is 16.7 Å². The van der Waals surface area contributed by atoms with Gasteiger partial charge in [0.2, 0.25) is 10.0 Å². The van der Waals surface area contributed by atoms with Crippen LogP contribution >= 0.6 is 27.5 Å². The summed E-state index contributed by atoms with van der Waals surface area (Å²) in [6.45, 7) is 1.77. The normalized spacial score (nSPS) is 24.0. The van der Waals surface area contributed by atoms with Crippen LogP contribution in [0.25, 0.3) is 0 Å². The second kappa shape index (κ2) is 6.24. The van der Waals surface area contributed by atoms with Crippen LogP contribution in [0.2, 0.25) is 5.02 Å². The van der Waals surface area contributed by atoms with E-state index in [1.807, 2.05) is 0 Å². The average Bonchev–Trinajstić information content (AvgIpc) is 2.41. The van der Waals surface area contributed by atoms with E-state index in [1.54, 1.807) is 19.1 Å². The molecule has 2 unspecified atom stereocenters. The maximum absolute atomic E-state index is 12.8. The van der Waals surface area contributed by atoms with Crippen LogP contribution in [0.4, 0.5) is 0 Å². The first kappa shape index (κ1) is 16.7. The Morgan fingerprint density at radius 2 is 2.10 bits per heavy atom. The molecule has 8 heteroatoms. The molecule has 2 rings (SSSR count). The van der Waals surface area contributed by atoms with Crippen molar-refractivity contribution in [2.45, 2.75) is 30.7 Å². The monoisotopic (exact) mass is 395 g/mol. The number of hydrogen-bond donors (Lipinski definition) is 1. The van der Waals surface area contributed by atoms with Crippen molar-refractivity contribution in [1.29, 1.82) is 0 Å². The lowest BCUT2D eigenvalue weighted by molar-refractivity contribution is -0.143. The summed E-state index contributed by atoms with van der Waals surface area (Å²) >= 11 is 9.14. The molecule has 0 radical (unpaired) electrons. The highest BCUT2D eigenvalue weighted by Gasteiger charge is 2.38. The fourth-order valence-corrected chi connectivity index (χ4v) is 5.32. The molecule has 0 aliphatic carbocycles. The Morgan fingerprint density at radius 1 is 1.43 bits per heavy atom. The van der Waals surface area contributed by atoms with Crippen molar-refractivity contribution in [3.8, 4) is 0 Å². The van der Waals surface area contributed by atoms with Gasteiger partial charge in [-0.2, -0.15) is 4.31 Å². The van der Waals surface area contributed by atoms with E-state index in [-0.39, 0.29) is 17.5 Å². The molecular weight excluding hydrogens is 382 g/mol. The first-order valence-corrected chi connectivity index (χ1v) is 9.05. The Balaban J connectivity index is 2.42. The largest absolute Gasteiger partial charge is 0.481 e. The molecule has 1 aromatic carbocycles. The molecule has 116 valence electrons. The van der Waals surface area contributed by atoms with Crippen molar-refractivity contribution in [1.82, 2.24) is 4.31 Å². The van der Waals surface area contributed by atoms with Crippen LogP contribution in [0.5, 0.6) is 0 Å². The van der Waals surface area contributed by atoms with Gasteiger partial charge < -0.3 is 5.11 Å². The smallest absolute Gasteiger partial charge is 0.307 e. The number of halogens is 2. The zero-order valence-corrected chi connectivity index (χ0v) is 14.4. The second-order valence-corrected chi connectivity index (χ2v) is 8.15. The molecule has 0 spiro atoms. The molecule has 1 fully saturated rings. The highest BCUT2D eigenvalue weighted by Crippen LogP contribution is 2.34. The Bertz CT molecular complexity index is 664. The predicted octanol–water partition coefficient (Wildman–Crippen LogP) is 2.98. The van der Waals surface area contributed by atoms with Crippen LogP contribution in [0.1, 0.15) is 19.8 Å². The molecule has 0 bridgehead atoms. The summed E-state index contributed by atoms with van der Waals surface area (Å²) in [7, 11) is -3.79. The molecule has 0 amide bonds. The van der Waals surface area contributed by atoms with Gasteiger partial charge in [-0.3, -0.25) is 4.79 Å². The minimum Gasteiger partial charge on any atom is -0.481 e. The second-order valence-electron chi connectivity index (χ2n) is 5.09. The van der Waals surface area contributed by atoms with Gasteiger partial charge in [0.25, 0.3) is 0 Å². The zero-order valence-electron chi connectivity index (χ0n) is 11.3. The number of hydrogen-bond acceptors (Lipinski definition) is 3. The quantitative estimate of drug-likeness (QED) is 0.852. The molecule has 5 nitrogen and oxygen atoms in total. The van der Waals surface area contributed by atoms with E-state index in [0.717, 1.165) is 0 Å². The van der Waals surface area contributed by atoms with Crippen LogP contribution in [-0.4, -0.2) is 36.4 Å². The van der Waals surface area contributed by atoms with Gasteiger partial charge >= 0.3 is 5.97 Å². The Kier molecular flexibility index (Phi) is 4.97. The molecule has 1 aromatic rings. The van der Waals surface area contributed by atoms with E-state index in [2.05, 4.69) is 15.9 Å². The number of nitrogens with zero attached hydrogens (tertiary/aromatic N) is 1. The number of aliphatic carboxylic acids is 1. The molecule has 1 aliphatic rings. The predicted molar refractivity (Wildman–Crippen MR) is 82.9 cm³/mol. The maximum atomic E-state index is 12.8. The molecule has 0 aromatic heterocycles. The Hall–Kier alpha value is -0.630. The number of carboxylic acid groups (broad SMARTS) is 1. The summed E-state index contributed by atoms with van der Waals surface area (Å²) in [5, 5.41) is 9.43. The van der Waals surface area contributed by atoms with Crippen LogP contribution in [0.15, 0.2) is 27.6 Å². The van der Waals surface area contributed by atoms with Crippen LogP contribution < -0.4 is 0 Å². The highest BCUT2D eigenvalue weighted by atomic mass is 79.9. The average molecular weight is 397 g/mol. The van der Waals surface area contributed by atoms with Crippen LogP contribution in [0.3, 0.4) is 0 Å². The van der Waals surface area contributed by atoms with Crippen molar-refractivity contribution >= 4 is 43.5 Å². The number of sulfonamides is 1. The third-order valence-corrected chi connectivity index (χ3v) is 7.36. The topological polar surface area (TPSA) is 74.7 Å². The third kappa shape index (κ3) is 3.26. The Morgan fingerprint density at radius 3 is 2.71 bits per heavy atom. The van der Waals surface area contributed by atoms with E-state index in [1.165, 1.54) is 10.4 Å². The van der Waals surface area contributed by atoms with E-state index in [0.29, 0.717) is 22.3 Å². The molecule has 1 saturated heterocycles. The lowest BCUT2D eigenvalue weighted by Gasteiger charge is -2.35. The summed E-state index contributed by atoms with van der Waals surface area (Å²) in [5.74, 6) is -1.64. The van der Waals surface area contributed by atoms with Gasteiger partial charge in [-0.15, -0.1) is 0 Å². The molecule has 0 saturated carbocycles. The van der Waals surface area contributed by atoms with Gasteiger partial charge in [-0.1, -0.05) is 17.7 Å². The lowest BCUT2D eigenvalue weighted by atomic mass is 9.96. The minimum absolute atomic E-state index is 0.0161. The lowest BCUT2D eigenvalue weighted by Crippen LogP contribution is -2.47. The maximum Gasteiger partial charge on any atom is 0.307 e. The highest BCUT2D eigenvalue weighted by molar-refractivity contribution is 9.10. The van der Waals surface area contributed by atoms with Gasteiger partial charge in [0.1, 0.15) is 0 Å². The first-order chi connectivity index (χ1) is 9.75. The molecule has 21 heavy (non-hydrogen) atoms. The fraction of sp³-hybridized carbons (Fsp3) is 0.462. The molecule has 1 N–H and O–H groups in total. The van der Waals surface area contributed by atoms with E-state index in [9.17, 15) is 13.2 Å². The minimum atomic E-state index is -3.79. The van der Waals surface area contributed by atoms with Gasteiger partial charge in [0.05, 0.1) is 20.3 Å². The molecule has 2 atom stereocenters. The number of rotatable bonds is 3. The van der Waals surface area contributed by atoms with E-state index < -0.39 is 21.9 Å². The molecule has 1 aliphatic heterocycles. The third-order valence-electron chi connectivity index (χ3n) is 3.68. The van der Waals surface area contributed by atoms with Crippen molar-refractivity contribution < 1.29 is 18.3 Å². The number of piperidine rings is 1.